The summed E-state index contributed by atoms with van der Waals surface area (Å²) in [6.07, 6.45) is 0.453. The van der Waals surface area contributed by atoms with Crippen molar-refractivity contribution in [2.45, 2.75) is 6.10 Å². The van der Waals surface area contributed by atoms with Crippen molar-refractivity contribution in [1.29, 1.82) is 0 Å². The molecule has 1 fully saturated rings. The Bertz CT molecular complexity index is 120. The highest BCUT2D eigenvalue weighted by atomic mass is 16.6. The molecule has 1 atom stereocenters. The van der Waals surface area contributed by atoms with Gasteiger partial charge in [-0.05, 0) is 0 Å². The van der Waals surface area contributed by atoms with Gasteiger partial charge in [-0.1, -0.05) is 0 Å². The van der Waals surface area contributed by atoms with Crippen LogP contribution in [-0.4, -0.2) is 64.7 Å². The summed E-state index contributed by atoms with van der Waals surface area (Å²) >= 11 is 0. The maximum atomic E-state index is 5.18. The van der Waals surface area contributed by atoms with Crippen LogP contribution in [0.1, 0.15) is 0 Å². The smallest absolute Gasteiger partial charge is 0.0936 e. The second kappa shape index (κ2) is 6.32. The van der Waals surface area contributed by atoms with Gasteiger partial charge in [-0.2, -0.15) is 0 Å². The van der Waals surface area contributed by atoms with Gasteiger partial charge in [-0.3, -0.25) is 4.90 Å². The summed E-state index contributed by atoms with van der Waals surface area (Å²) in [5.74, 6) is 0. The van der Waals surface area contributed by atoms with Gasteiger partial charge in [0.25, 0.3) is 0 Å². The van der Waals surface area contributed by atoms with Crippen molar-refractivity contribution in [3.05, 3.63) is 0 Å². The van der Waals surface area contributed by atoms with Crippen molar-refractivity contribution in [3.63, 3.8) is 0 Å². The largest absolute Gasteiger partial charge is 0.383 e. The molecule has 1 saturated heterocycles. The first kappa shape index (κ1) is 10.9. The molecule has 1 aliphatic heterocycles. The Morgan fingerprint density at radius 1 is 1.23 bits per heavy atom. The van der Waals surface area contributed by atoms with Gasteiger partial charge in [0.2, 0.25) is 0 Å². The molecule has 0 aliphatic carbocycles. The number of epoxide rings is 1. The first-order valence-corrected chi connectivity index (χ1v) is 4.68. The third-order valence-corrected chi connectivity index (χ3v) is 2.09. The molecule has 0 saturated carbocycles. The minimum absolute atomic E-state index is 0.453. The molecule has 0 aromatic heterocycles. The van der Waals surface area contributed by atoms with Crippen LogP contribution in [0.25, 0.3) is 0 Å². The number of ether oxygens (including phenoxy) is 3. The number of methoxy groups -OCH3 is 2. The fraction of sp³-hybridized carbons (Fsp3) is 1.00. The maximum absolute atomic E-state index is 5.18. The molecule has 13 heavy (non-hydrogen) atoms. The summed E-state index contributed by atoms with van der Waals surface area (Å²) in [5.41, 5.74) is 0. The van der Waals surface area contributed by atoms with Gasteiger partial charge in [-0.15, -0.1) is 0 Å². The van der Waals surface area contributed by atoms with Crippen LogP contribution in [0.3, 0.4) is 0 Å². The summed E-state index contributed by atoms with van der Waals surface area (Å²) < 4.78 is 15.2. The van der Waals surface area contributed by atoms with E-state index >= 15 is 0 Å². The first-order valence-electron chi connectivity index (χ1n) is 4.68. The Morgan fingerprint density at radius 2 is 1.77 bits per heavy atom. The third-order valence-electron chi connectivity index (χ3n) is 2.09. The van der Waals surface area contributed by atoms with Crippen LogP contribution in [-0.2, 0) is 14.2 Å². The van der Waals surface area contributed by atoms with E-state index in [9.17, 15) is 0 Å². The molecule has 0 aromatic carbocycles. The van der Waals surface area contributed by atoms with Crippen molar-refractivity contribution < 1.29 is 14.2 Å². The molecule has 1 heterocycles. The van der Waals surface area contributed by atoms with Crippen molar-refractivity contribution in [1.82, 2.24) is 4.90 Å². The molecule has 0 aromatic rings. The second-order valence-corrected chi connectivity index (χ2v) is 3.24. The van der Waals surface area contributed by atoms with Crippen molar-refractivity contribution in [3.8, 4) is 0 Å². The van der Waals surface area contributed by atoms with Gasteiger partial charge in [0.15, 0.2) is 0 Å². The van der Waals surface area contributed by atoms with Crippen molar-refractivity contribution >= 4 is 0 Å². The average Bonchev–Trinajstić information content (AvgIpc) is 2.93. The number of hydrogen-bond acceptors (Lipinski definition) is 4. The molecule has 4 heteroatoms. The number of rotatable bonds is 8. The first-order chi connectivity index (χ1) is 6.36. The highest BCUT2D eigenvalue weighted by Crippen LogP contribution is 2.10. The lowest BCUT2D eigenvalue weighted by Crippen LogP contribution is -2.33. The topological polar surface area (TPSA) is 34.2 Å². The fourth-order valence-corrected chi connectivity index (χ4v) is 1.20. The van der Waals surface area contributed by atoms with Crippen molar-refractivity contribution in [2.24, 2.45) is 0 Å². The van der Waals surface area contributed by atoms with Crippen molar-refractivity contribution in [2.75, 3.05) is 53.7 Å². The maximum Gasteiger partial charge on any atom is 0.0936 e. The quantitative estimate of drug-likeness (QED) is 0.503. The van der Waals surface area contributed by atoms with Gasteiger partial charge in [-0.25, -0.2) is 0 Å². The molecule has 4 nitrogen and oxygen atoms in total. The van der Waals surface area contributed by atoms with Gasteiger partial charge >= 0.3 is 0 Å². The van der Waals surface area contributed by atoms with E-state index in [0.29, 0.717) is 6.10 Å². The molecule has 0 bridgehead atoms. The second-order valence-electron chi connectivity index (χ2n) is 3.24. The Balaban J connectivity index is 2.08. The van der Waals surface area contributed by atoms with E-state index in [1.165, 1.54) is 0 Å². The predicted molar refractivity (Wildman–Crippen MR) is 49.9 cm³/mol. The lowest BCUT2D eigenvalue weighted by atomic mass is 10.4. The van der Waals surface area contributed by atoms with Crippen LogP contribution in [0.5, 0.6) is 0 Å². The van der Waals surface area contributed by atoms with Gasteiger partial charge in [0.05, 0.1) is 25.9 Å². The Morgan fingerprint density at radius 3 is 2.15 bits per heavy atom. The van der Waals surface area contributed by atoms with E-state index < -0.39 is 0 Å². The summed E-state index contributed by atoms with van der Waals surface area (Å²) in [6, 6.07) is 0. The standard InChI is InChI=1S/C9H19NO3/c1-11-5-3-10(4-6-12-2)7-9-8-13-9/h9H,3-8H2,1-2H3. The SMILES string of the molecule is COCCN(CCOC)CC1CO1. The normalized spacial score (nSPS) is 21.0. The Labute approximate surface area is 79.8 Å². The van der Waals surface area contributed by atoms with Crippen LogP contribution in [0, 0.1) is 0 Å². The molecule has 0 amide bonds. The lowest BCUT2D eigenvalue weighted by Gasteiger charge is -2.20. The molecule has 78 valence electrons. The number of hydrogen-bond donors (Lipinski definition) is 0. The van der Waals surface area contributed by atoms with E-state index in [4.69, 9.17) is 14.2 Å². The molecular weight excluding hydrogens is 170 g/mol. The summed E-state index contributed by atoms with van der Waals surface area (Å²) in [4.78, 5) is 2.31. The highest BCUT2D eigenvalue weighted by molar-refractivity contribution is 4.74. The molecule has 1 aliphatic rings. The summed E-state index contributed by atoms with van der Waals surface area (Å²) in [5, 5.41) is 0. The average molecular weight is 189 g/mol. The summed E-state index contributed by atoms with van der Waals surface area (Å²) in [6.45, 7) is 5.38. The minimum atomic E-state index is 0.453. The van der Waals surface area contributed by atoms with Crippen LogP contribution in [0.2, 0.25) is 0 Å². The lowest BCUT2D eigenvalue weighted by molar-refractivity contribution is 0.109. The highest BCUT2D eigenvalue weighted by Gasteiger charge is 2.24. The van der Waals surface area contributed by atoms with Gasteiger partial charge in [0, 0.05) is 33.9 Å². The zero-order valence-electron chi connectivity index (χ0n) is 8.49. The predicted octanol–water partition coefficient (Wildman–Crippen LogP) is -0.0200. The molecule has 0 spiro atoms. The Hall–Kier alpha value is -0.160. The van der Waals surface area contributed by atoms with E-state index in [-0.39, 0.29) is 0 Å². The zero-order chi connectivity index (χ0) is 9.52. The monoisotopic (exact) mass is 189 g/mol. The van der Waals surface area contributed by atoms with E-state index in [1.807, 2.05) is 0 Å². The van der Waals surface area contributed by atoms with Crippen LogP contribution < -0.4 is 0 Å². The van der Waals surface area contributed by atoms with E-state index in [1.54, 1.807) is 14.2 Å². The fourth-order valence-electron chi connectivity index (χ4n) is 1.20. The molecule has 0 radical (unpaired) electrons. The zero-order valence-corrected chi connectivity index (χ0v) is 8.49. The molecular formula is C9H19NO3. The molecule has 1 unspecified atom stereocenters. The van der Waals surface area contributed by atoms with Gasteiger partial charge < -0.3 is 14.2 Å². The molecule has 0 N–H and O–H groups in total. The number of nitrogens with zero attached hydrogens (tertiary/aromatic N) is 1. The van der Waals surface area contributed by atoms with Crippen LogP contribution in [0.15, 0.2) is 0 Å². The summed E-state index contributed by atoms with van der Waals surface area (Å²) in [7, 11) is 3.45. The minimum Gasteiger partial charge on any atom is -0.383 e. The van der Waals surface area contributed by atoms with Crippen LogP contribution in [0.4, 0.5) is 0 Å². The third kappa shape index (κ3) is 5.21. The molecule has 1 rings (SSSR count). The Kier molecular flexibility index (Phi) is 5.31. The van der Waals surface area contributed by atoms with Crippen LogP contribution >= 0.6 is 0 Å². The van der Waals surface area contributed by atoms with Gasteiger partial charge in [0.1, 0.15) is 0 Å². The van der Waals surface area contributed by atoms with E-state index in [0.717, 1.165) is 39.5 Å². The van der Waals surface area contributed by atoms with E-state index in [2.05, 4.69) is 4.90 Å².